The molecule has 8 N–H and O–H groups in total. The molecule has 1 fully saturated rings. The van der Waals surface area contributed by atoms with Crippen molar-refractivity contribution in [3.05, 3.63) is 0 Å². The molecular weight excluding hydrogens is 218 g/mol. The van der Waals surface area contributed by atoms with Gasteiger partial charge in [-0.05, 0) is 0 Å². The van der Waals surface area contributed by atoms with Gasteiger partial charge in [0, 0.05) is 0 Å². The predicted octanol–water partition coefficient (Wildman–Crippen LogP) is -3.66. The van der Waals surface area contributed by atoms with Crippen LogP contribution in [0.3, 0.4) is 0 Å². The van der Waals surface area contributed by atoms with E-state index in [1.165, 1.54) is 0 Å². The summed E-state index contributed by atoms with van der Waals surface area (Å²) in [7, 11) is 0. The first-order valence-corrected chi connectivity index (χ1v) is 3.64. The molecule has 1 unspecified atom stereocenters. The third kappa shape index (κ3) is 3.01. The lowest BCUT2D eigenvalue weighted by molar-refractivity contribution is -0.248. The van der Waals surface area contributed by atoms with Crippen LogP contribution in [-0.4, -0.2) is 63.2 Å². The lowest BCUT2D eigenvalue weighted by Gasteiger charge is -2.38. The van der Waals surface area contributed by atoms with Crippen LogP contribution in [0.15, 0.2) is 0 Å². The van der Waals surface area contributed by atoms with Gasteiger partial charge < -0.3 is 36.4 Å². The van der Waals surface area contributed by atoms with Gasteiger partial charge in [0.15, 0.2) is 6.29 Å². The molecule has 5 atom stereocenters. The van der Waals surface area contributed by atoms with Crippen molar-refractivity contribution in [2.75, 3.05) is 6.61 Å². The molecule has 1 aliphatic heterocycles. The molecule has 1 rings (SSSR count). The Balaban J connectivity index is 0. The van der Waals surface area contributed by atoms with Crippen molar-refractivity contribution in [3.63, 3.8) is 0 Å². The zero-order valence-corrected chi connectivity index (χ0v) is 8.09. The molecule has 0 aromatic heterocycles. The number of hydrogen-bond donors (Lipinski definition) is 5. The van der Waals surface area contributed by atoms with Crippen LogP contribution in [0, 0.1) is 0 Å². The summed E-state index contributed by atoms with van der Waals surface area (Å²) in [4.78, 5) is 0. The van der Waals surface area contributed by atoms with Gasteiger partial charge in [0.1, 0.15) is 18.3 Å². The summed E-state index contributed by atoms with van der Waals surface area (Å²) in [5.74, 6) is 0. The summed E-state index contributed by atoms with van der Waals surface area (Å²) in [6, 6.07) is -1.04. The van der Waals surface area contributed by atoms with Gasteiger partial charge in [-0.1, -0.05) is 0 Å². The molecule has 7 nitrogen and oxygen atoms in total. The van der Waals surface area contributed by atoms with E-state index in [1.807, 2.05) is 0 Å². The fourth-order valence-electron chi connectivity index (χ4n) is 1.12. The van der Waals surface area contributed by atoms with Gasteiger partial charge in [-0.25, -0.2) is 0 Å². The van der Waals surface area contributed by atoms with Crippen LogP contribution >= 0.6 is 12.4 Å². The van der Waals surface area contributed by atoms with Gasteiger partial charge in [0.2, 0.25) is 0 Å². The minimum atomic E-state index is -1.35. The molecule has 1 saturated heterocycles. The largest absolute Gasteiger partial charge is 0.412 e. The van der Waals surface area contributed by atoms with Crippen LogP contribution in [-0.2, 0) is 4.74 Å². The van der Waals surface area contributed by atoms with E-state index in [-0.39, 0.29) is 17.9 Å². The standard InChI is InChI=1S/C6H13NO5.ClH.H2O/c7-3-5(10)4(9)2(1-8)12-6(3)11;;/h2-6,8-11H,1,7H2;1H;1H2/t2-,3-,4-,5-,6?;;/m1../s1. The Morgan fingerprint density at radius 1 is 1.14 bits per heavy atom. The van der Waals surface area contributed by atoms with Gasteiger partial charge in [-0.3, -0.25) is 0 Å². The molecule has 88 valence electrons. The highest BCUT2D eigenvalue weighted by molar-refractivity contribution is 5.85. The highest BCUT2D eigenvalue weighted by atomic mass is 35.5. The van der Waals surface area contributed by atoms with Crippen molar-refractivity contribution < 1.29 is 30.6 Å². The molecule has 0 amide bonds. The molecule has 0 bridgehead atoms. The minimum Gasteiger partial charge on any atom is -0.412 e. The second-order valence-corrected chi connectivity index (χ2v) is 2.81. The van der Waals surface area contributed by atoms with Gasteiger partial charge in [-0.15, -0.1) is 12.4 Å². The number of hydrogen-bond acceptors (Lipinski definition) is 6. The maximum absolute atomic E-state index is 9.20. The van der Waals surface area contributed by atoms with Crippen LogP contribution in [0.4, 0.5) is 0 Å². The van der Waals surface area contributed by atoms with E-state index >= 15 is 0 Å². The van der Waals surface area contributed by atoms with Gasteiger partial charge in [-0.2, -0.15) is 0 Å². The van der Waals surface area contributed by atoms with E-state index in [9.17, 15) is 10.2 Å². The first-order chi connectivity index (χ1) is 5.57. The van der Waals surface area contributed by atoms with Crippen LogP contribution in [0.1, 0.15) is 0 Å². The quantitative estimate of drug-likeness (QED) is 0.315. The topological polar surface area (TPSA) is 148 Å². The molecule has 8 heteroatoms. The average molecular weight is 234 g/mol. The van der Waals surface area contributed by atoms with Crippen molar-refractivity contribution in [1.29, 1.82) is 0 Å². The predicted molar refractivity (Wildman–Crippen MR) is 48.8 cm³/mol. The summed E-state index contributed by atoms with van der Waals surface area (Å²) in [6.07, 6.45) is -4.85. The molecule has 0 saturated carbocycles. The van der Waals surface area contributed by atoms with Gasteiger partial charge in [0.25, 0.3) is 0 Å². The van der Waals surface area contributed by atoms with Crippen molar-refractivity contribution in [3.8, 4) is 0 Å². The van der Waals surface area contributed by atoms with E-state index in [2.05, 4.69) is 0 Å². The molecule has 0 spiro atoms. The van der Waals surface area contributed by atoms with E-state index in [1.54, 1.807) is 0 Å². The Labute approximate surface area is 86.8 Å². The molecule has 14 heavy (non-hydrogen) atoms. The van der Waals surface area contributed by atoms with Crippen LogP contribution in [0.25, 0.3) is 0 Å². The Morgan fingerprint density at radius 2 is 1.64 bits per heavy atom. The number of nitrogens with two attached hydrogens (primary N) is 1. The minimum absolute atomic E-state index is 0. The maximum atomic E-state index is 9.20. The molecule has 0 aromatic rings. The van der Waals surface area contributed by atoms with Gasteiger partial charge >= 0.3 is 0 Å². The molecule has 0 aliphatic carbocycles. The Hall–Kier alpha value is 0.01000. The Morgan fingerprint density at radius 3 is 2.07 bits per heavy atom. The molecule has 0 aromatic carbocycles. The molecule has 1 heterocycles. The number of aliphatic hydroxyl groups is 4. The van der Waals surface area contributed by atoms with Crippen molar-refractivity contribution >= 4 is 12.4 Å². The van der Waals surface area contributed by atoms with Crippen LogP contribution in [0.5, 0.6) is 0 Å². The second kappa shape index (κ2) is 6.49. The maximum Gasteiger partial charge on any atom is 0.173 e. The summed E-state index contributed by atoms with van der Waals surface area (Å²) >= 11 is 0. The normalized spacial score (nSPS) is 42.2. The summed E-state index contributed by atoms with van der Waals surface area (Å²) in [6.45, 7) is -0.470. The molecular formula is C6H16ClNO6. The number of aliphatic hydroxyl groups excluding tert-OH is 4. The highest BCUT2D eigenvalue weighted by Crippen LogP contribution is 2.17. The highest BCUT2D eigenvalue weighted by Gasteiger charge is 2.41. The lowest BCUT2D eigenvalue weighted by atomic mass is 9.98. The number of halogens is 1. The van der Waals surface area contributed by atoms with Crippen molar-refractivity contribution in [2.45, 2.75) is 30.6 Å². The van der Waals surface area contributed by atoms with Crippen LogP contribution < -0.4 is 5.73 Å². The zero-order chi connectivity index (χ0) is 9.30. The second-order valence-electron chi connectivity index (χ2n) is 2.81. The Kier molecular flexibility index (Phi) is 7.62. The summed E-state index contributed by atoms with van der Waals surface area (Å²) in [5.41, 5.74) is 5.26. The lowest BCUT2D eigenvalue weighted by Crippen LogP contribution is -2.61. The summed E-state index contributed by atoms with van der Waals surface area (Å²) < 4.78 is 4.70. The SMILES string of the molecule is Cl.N[C@H]1C(O)O[C@H](CO)[C@@H](O)[C@@H]1O.O. The smallest absolute Gasteiger partial charge is 0.173 e. The van der Waals surface area contributed by atoms with E-state index in [0.717, 1.165) is 0 Å². The fraction of sp³-hybridized carbons (Fsp3) is 1.00. The Bertz CT molecular complexity index is 157. The van der Waals surface area contributed by atoms with E-state index in [4.69, 9.17) is 20.7 Å². The van der Waals surface area contributed by atoms with Gasteiger partial charge in [0.05, 0.1) is 12.6 Å². The average Bonchev–Trinajstić information content (AvgIpc) is 2.08. The van der Waals surface area contributed by atoms with E-state index < -0.39 is 37.3 Å². The summed E-state index contributed by atoms with van der Waals surface area (Å²) in [5, 5.41) is 36.1. The molecule has 0 radical (unpaired) electrons. The van der Waals surface area contributed by atoms with E-state index in [0.29, 0.717) is 0 Å². The number of ether oxygens (including phenoxy) is 1. The third-order valence-corrected chi connectivity index (χ3v) is 1.95. The van der Waals surface area contributed by atoms with Crippen molar-refractivity contribution in [1.82, 2.24) is 0 Å². The van der Waals surface area contributed by atoms with Crippen LogP contribution in [0.2, 0.25) is 0 Å². The van der Waals surface area contributed by atoms with Crippen molar-refractivity contribution in [2.24, 2.45) is 5.73 Å². The molecule has 1 aliphatic rings. The fourth-order valence-corrected chi connectivity index (χ4v) is 1.12. The third-order valence-electron chi connectivity index (χ3n) is 1.95. The first kappa shape index (κ1) is 16.4. The first-order valence-electron chi connectivity index (χ1n) is 3.64. The monoisotopic (exact) mass is 233 g/mol. The number of rotatable bonds is 1. The zero-order valence-electron chi connectivity index (χ0n) is 7.28.